The van der Waals surface area contributed by atoms with E-state index in [1.165, 1.54) is 12.1 Å². The Bertz CT molecular complexity index is 1250. The molecule has 4 rings (SSSR count). The molecule has 1 aromatic carbocycles. The quantitative estimate of drug-likeness (QED) is 0.383. The number of hydrogen-bond acceptors (Lipinski definition) is 8. The monoisotopic (exact) mass is 573 g/mol. The van der Waals surface area contributed by atoms with Crippen LogP contribution in [0.2, 0.25) is 0 Å². The van der Waals surface area contributed by atoms with Crippen molar-refractivity contribution < 1.29 is 27.8 Å². The Kier molecular flexibility index (Phi) is 9.79. The second kappa shape index (κ2) is 13.1. The fourth-order valence-electron chi connectivity index (χ4n) is 5.59. The van der Waals surface area contributed by atoms with Crippen molar-refractivity contribution in [3.05, 3.63) is 59.4 Å². The van der Waals surface area contributed by atoms with E-state index in [1.807, 2.05) is 31.0 Å². The number of aliphatic hydroxyl groups is 1. The zero-order valence-corrected chi connectivity index (χ0v) is 23.9. The molecule has 0 spiro atoms. The van der Waals surface area contributed by atoms with Crippen molar-refractivity contribution in [2.24, 2.45) is 0 Å². The molecule has 222 valence electrons. The van der Waals surface area contributed by atoms with Gasteiger partial charge in [-0.05, 0) is 56.2 Å². The molecule has 4 atom stereocenters. The standard InChI is InChI=1S/C30H38F3N5O3/c1-5-6-7-14-40-28-15-27(29-26(36(28)4)13-10-23(16-34)35-29)38-17-20(2)37(18-24(38)19-39)21(3)22-8-11-25(12-9-22)41-30(31,32)33/h8-13,15,20-21,24,28,39H,5-7,14,17-19H2,1-4H3/t20-,21?,24-,28?/m1/s1. The number of aromatic nitrogens is 1. The minimum Gasteiger partial charge on any atom is -0.406 e. The van der Waals surface area contributed by atoms with Crippen molar-refractivity contribution >= 4 is 11.4 Å². The summed E-state index contributed by atoms with van der Waals surface area (Å²) in [4.78, 5) is 11.1. The second-order valence-corrected chi connectivity index (χ2v) is 10.6. The zero-order valence-electron chi connectivity index (χ0n) is 23.9. The third kappa shape index (κ3) is 7.12. The fourth-order valence-corrected chi connectivity index (χ4v) is 5.59. The fraction of sp³-hybridized carbons (Fsp3) is 0.533. The average Bonchev–Trinajstić information content (AvgIpc) is 2.95. The van der Waals surface area contributed by atoms with Gasteiger partial charge in [0.25, 0.3) is 0 Å². The van der Waals surface area contributed by atoms with Gasteiger partial charge < -0.3 is 24.4 Å². The lowest BCUT2D eigenvalue weighted by Gasteiger charge is -2.50. The van der Waals surface area contributed by atoms with Gasteiger partial charge in [0, 0.05) is 38.8 Å². The van der Waals surface area contributed by atoms with Crippen molar-refractivity contribution in [1.29, 1.82) is 5.26 Å². The molecule has 0 amide bonds. The number of unbranched alkanes of at least 4 members (excludes halogenated alkanes) is 2. The van der Waals surface area contributed by atoms with Gasteiger partial charge >= 0.3 is 6.36 Å². The molecule has 2 unspecified atom stereocenters. The average molecular weight is 574 g/mol. The molecule has 8 nitrogen and oxygen atoms in total. The molecule has 3 heterocycles. The molecule has 1 aromatic heterocycles. The molecular formula is C30H38F3N5O3. The van der Waals surface area contributed by atoms with E-state index in [9.17, 15) is 23.5 Å². The van der Waals surface area contributed by atoms with E-state index in [2.05, 4.69) is 39.4 Å². The molecule has 1 fully saturated rings. The number of anilines is 1. The number of halogens is 3. The van der Waals surface area contributed by atoms with Crippen LogP contribution in [0.1, 0.15) is 63.0 Å². The summed E-state index contributed by atoms with van der Waals surface area (Å²) in [5.41, 5.74) is 3.50. The SMILES string of the molecule is CCCCCOC1C=C(N2C[C@@H](C)N(C(C)c3ccc(OC(F)(F)F)cc3)C[C@@H]2CO)c2nc(C#N)ccc2N1C. The van der Waals surface area contributed by atoms with Crippen LogP contribution in [-0.4, -0.2) is 77.9 Å². The van der Waals surface area contributed by atoms with Crippen molar-refractivity contribution in [3.8, 4) is 11.8 Å². The van der Waals surface area contributed by atoms with E-state index in [0.29, 0.717) is 31.1 Å². The molecule has 0 aliphatic carbocycles. The normalized spacial score (nSPS) is 22.1. The van der Waals surface area contributed by atoms with Gasteiger partial charge in [0.05, 0.1) is 24.0 Å². The van der Waals surface area contributed by atoms with E-state index in [4.69, 9.17) is 4.74 Å². The summed E-state index contributed by atoms with van der Waals surface area (Å²) in [7, 11) is 1.95. The molecule has 0 radical (unpaired) electrons. The summed E-state index contributed by atoms with van der Waals surface area (Å²) in [6, 6.07) is 11.3. The van der Waals surface area contributed by atoms with Gasteiger partial charge in [0.1, 0.15) is 23.2 Å². The van der Waals surface area contributed by atoms with Gasteiger partial charge in [0.15, 0.2) is 6.23 Å². The lowest BCUT2D eigenvalue weighted by atomic mass is 9.98. The molecule has 41 heavy (non-hydrogen) atoms. The molecule has 1 saturated heterocycles. The number of benzene rings is 1. The first-order valence-corrected chi connectivity index (χ1v) is 14.0. The topological polar surface area (TPSA) is 85.1 Å². The van der Waals surface area contributed by atoms with Crippen LogP contribution in [0.15, 0.2) is 42.5 Å². The van der Waals surface area contributed by atoms with Crippen molar-refractivity contribution in [2.75, 3.05) is 38.3 Å². The van der Waals surface area contributed by atoms with E-state index >= 15 is 0 Å². The van der Waals surface area contributed by atoms with E-state index in [-0.39, 0.29) is 36.7 Å². The van der Waals surface area contributed by atoms with Crippen LogP contribution in [0, 0.1) is 11.3 Å². The number of aliphatic hydroxyl groups excluding tert-OH is 1. The van der Waals surface area contributed by atoms with Crippen LogP contribution < -0.4 is 9.64 Å². The highest BCUT2D eigenvalue weighted by Gasteiger charge is 2.39. The number of piperazine rings is 1. The smallest absolute Gasteiger partial charge is 0.406 e. The first kappa shape index (κ1) is 30.6. The molecule has 11 heteroatoms. The van der Waals surface area contributed by atoms with Gasteiger partial charge in [-0.3, -0.25) is 4.90 Å². The zero-order chi connectivity index (χ0) is 29.7. The molecular weight excluding hydrogens is 535 g/mol. The molecule has 0 saturated carbocycles. The summed E-state index contributed by atoms with van der Waals surface area (Å²) < 4.78 is 48.1. The van der Waals surface area contributed by atoms with Crippen LogP contribution in [0.5, 0.6) is 5.75 Å². The predicted molar refractivity (Wildman–Crippen MR) is 150 cm³/mol. The minimum atomic E-state index is -4.74. The first-order chi connectivity index (χ1) is 19.6. The lowest BCUT2D eigenvalue weighted by molar-refractivity contribution is -0.274. The van der Waals surface area contributed by atoms with Crippen molar-refractivity contribution in [1.82, 2.24) is 14.8 Å². The van der Waals surface area contributed by atoms with Crippen molar-refractivity contribution in [3.63, 3.8) is 0 Å². The highest BCUT2D eigenvalue weighted by Crippen LogP contribution is 2.38. The van der Waals surface area contributed by atoms with Gasteiger partial charge in [-0.15, -0.1) is 13.2 Å². The molecule has 0 bridgehead atoms. The lowest BCUT2D eigenvalue weighted by Crippen LogP contribution is -2.58. The number of hydrogen-bond donors (Lipinski definition) is 1. The number of likely N-dealkylation sites (N-methyl/N-ethyl adjacent to an activating group) is 1. The second-order valence-electron chi connectivity index (χ2n) is 10.6. The summed E-state index contributed by atoms with van der Waals surface area (Å²) in [5, 5.41) is 20.1. The highest BCUT2D eigenvalue weighted by atomic mass is 19.4. The van der Waals surface area contributed by atoms with Gasteiger partial charge in [0.2, 0.25) is 0 Å². The molecule has 2 aromatic rings. The number of ether oxygens (including phenoxy) is 2. The Morgan fingerprint density at radius 2 is 1.88 bits per heavy atom. The molecule has 1 N–H and O–H groups in total. The Balaban J connectivity index is 1.59. The van der Waals surface area contributed by atoms with Crippen LogP contribution in [0.4, 0.5) is 18.9 Å². The summed E-state index contributed by atoms with van der Waals surface area (Å²) in [5.74, 6) is -0.261. The third-order valence-corrected chi connectivity index (χ3v) is 7.83. The van der Waals surface area contributed by atoms with E-state index in [0.717, 1.165) is 36.2 Å². The Hall–Kier alpha value is -3.33. The van der Waals surface area contributed by atoms with Gasteiger partial charge in [-0.25, -0.2) is 4.98 Å². The minimum absolute atomic E-state index is 0.0333. The van der Waals surface area contributed by atoms with Crippen LogP contribution in [0.3, 0.4) is 0 Å². The number of alkyl halides is 3. The van der Waals surface area contributed by atoms with E-state index < -0.39 is 6.36 Å². The maximum Gasteiger partial charge on any atom is 0.573 e. The molecule has 2 aliphatic rings. The Morgan fingerprint density at radius 1 is 1.15 bits per heavy atom. The van der Waals surface area contributed by atoms with Gasteiger partial charge in [-0.1, -0.05) is 31.9 Å². The number of fused-ring (bicyclic) bond motifs is 1. The number of nitriles is 1. The van der Waals surface area contributed by atoms with Gasteiger partial charge in [-0.2, -0.15) is 5.26 Å². The van der Waals surface area contributed by atoms with Crippen LogP contribution in [-0.2, 0) is 4.74 Å². The largest absolute Gasteiger partial charge is 0.573 e. The highest BCUT2D eigenvalue weighted by molar-refractivity contribution is 5.77. The predicted octanol–water partition coefficient (Wildman–Crippen LogP) is 5.30. The number of nitrogens with zero attached hydrogens (tertiary/aromatic N) is 5. The maximum atomic E-state index is 12.6. The first-order valence-electron chi connectivity index (χ1n) is 14.0. The third-order valence-electron chi connectivity index (χ3n) is 7.83. The van der Waals surface area contributed by atoms with Crippen LogP contribution in [0.25, 0.3) is 5.70 Å². The summed E-state index contributed by atoms with van der Waals surface area (Å²) in [6.07, 6.45) is 0.0936. The number of pyridine rings is 1. The molecule has 2 aliphatic heterocycles. The Morgan fingerprint density at radius 3 is 2.51 bits per heavy atom. The van der Waals surface area contributed by atoms with Crippen LogP contribution >= 0.6 is 0 Å². The Labute approximate surface area is 239 Å². The van der Waals surface area contributed by atoms with Crippen molar-refractivity contribution in [2.45, 2.75) is 70.7 Å². The maximum absolute atomic E-state index is 12.6. The van der Waals surface area contributed by atoms with E-state index in [1.54, 1.807) is 18.2 Å². The summed E-state index contributed by atoms with van der Waals surface area (Å²) in [6.45, 7) is 7.83. The number of rotatable bonds is 10. The summed E-state index contributed by atoms with van der Waals surface area (Å²) >= 11 is 0.